The third kappa shape index (κ3) is 3.37. The fourth-order valence-corrected chi connectivity index (χ4v) is 2.37. The Morgan fingerprint density at radius 1 is 1.00 bits per heavy atom. The van der Waals surface area contributed by atoms with E-state index in [1.165, 1.54) is 6.92 Å². The first kappa shape index (κ1) is 14.8. The molecule has 0 atom stereocenters. The van der Waals surface area contributed by atoms with E-state index in [9.17, 15) is 14.4 Å². The number of carbonyl (C=O) groups is 2. The summed E-state index contributed by atoms with van der Waals surface area (Å²) in [5.41, 5.74) is 3.14. The van der Waals surface area contributed by atoms with Crippen LogP contribution in [0.2, 0.25) is 0 Å². The van der Waals surface area contributed by atoms with Crippen LogP contribution in [-0.2, 0) is 11.2 Å². The molecule has 0 spiro atoms. The highest BCUT2D eigenvalue weighted by Crippen LogP contribution is 2.13. The number of fused-ring (bicyclic) bond motifs is 1. The van der Waals surface area contributed by atoms with Gasteiger partial charge in [0.2, 0.25) is 5.91 Å². The van der Waals surface area contributed by atoms with Gasteiger partial charge < -0.3 is 15.3 Å². The number of H-pyrrole nitrogens is 2. The zero-order chi connectivity index (χ0) is 16.4. The van der Waals surface area contributed by atoms with Crippen LogP contribution in [0.5, 0.6) is 0 Å². The van der Waals surface area contributed by atoms with Gasteiger partial charge in [0, 0.05) is 11.3 Å². The number of nitrogens with one attached hydrogen (secondary N) is 3. The molecule has 1 heterocycles. The van der Waals surface area contributed by atoms with E-state index >= 15 is 0 Å². The molecule has 0 saturated carbocycles. The standard InChI is InChI=1S/C17H15N3O3/c1-10(21)12-3-5-13(6-4-12)18-16(22)9-11-2-7-14-15(8-11)20-17(23)19-14/h2-8H,9H2,1H3,(H,18,22)(H2,19,20,23). The Kier molecular flexibility index (Phi) is 3.80. The Balaban J connectivity index is 1.70. The normalized spacial score (nSPS) is 10.7. The molecule has 0 radical (unpaired) electrons. The van der Waals surface area contributed by atoms with Crippen LogP contribution < -0.4 is 11.0 Å². The van der Waals surface area contributed by atoms with Crippen molar-refractivity contribution >= 4 is 28.4 Å². The predicted octanol–water partition coefficient (Wildman–Crippen LogP) is 2.24. The topological polar surface area (TPSA) is 94.8 Å². The lowest BCUT2D eigenvalue weighted by Gasteiger charge is -2.06. The number of benzene rings is 2. The maximum absolute atomic E-state index is 12.1. The largest absolute Gasteiger partial charge is 0.326 e. The first-order chi connectivity index (χ1) is 11.0. The van der Waals surface area contributed by atoms with Crippen molar-refractivity contribution in [1.29, 1.82) is 0 Å². The lowest BCUT2D eigenvalue weighted by Crippen LogP contribution is -2.14. The first-order valence-corrected chi connectivity index (χ1v) is 7.13. The summed E-state index contributed by atoms with van der Waals surface area (Å²) in [4.78, 5) is 39.8. The second-order valence-electron chi connectivity index (χ2n) is 5.32. The fourth-order valence-electron chi connectivity index (χ4n) is 2.37. The van der Waals surface area contributed by atoms with E-state index in [1.54, 1.807) is 42.5 Å². The predicted molar refractivity (Wildman–Crippen MR) is 87.7 cm³/mol. The molecule has 0 aliphatic carbocycles. The number of aromatic nitrogens is 2. The minimum Gasteiger partial charge on any atom is -0.326 e. The maximum Gasteiger partial charge on any atom is 0.323 e. The summed E-state index contributed by atoms with van der Waals surface area (Å²) in [7, 11) is 0. The van der Waals surface area contributed by atoms with E-state index in [4.69, 9.17) is 0 Å². The van der Waals surface area contributed by atoms with Gasteiger partial charge in [-0.1, -0.05) is 6.07 Å². The van der Waals surface area contributed by atoms with Gasteiger partial charge in [0.15, 0.2) is 5.78 Å². The number of aromatic amines is 2. The van der Waals surface area contributed by atoms with Gasteiger partial charge in [-0.3, -0.25) is 9.59 Å². The summed E-state index contributed by atoms with van der Waals surface area (Å²) >= 11 is 0. The van der Waals surface area contributed by atoms with Crippen LogP contribution in [0.1, 0.15) is 22.8 Å². The summed E-state index contributed by atoms with van der Waals surface area (Å²) in [6, 6.07) is 12.1. The van der Waals surface area contributed by atoms with Crippen molar-refractivity contribution < 1.29 is 9.59 Å². The summed E-state index contributed by atoms with van der Waals surface area (Å²) in [6.07, 6.45) is 0.192. The lowest BCUT2D eigenvalue weighted by molar-refractivity contribution is -0.115. The second-order valence-corrected chi connectivity index (χ2v) is 5.32. The Hall–Kier alpha value is -3.15. The lowest BCUT2D eigenvalue weighted by atomic mass is 10.1. The van der Waals surface area contributed by atoms with Crippen LogP contribution in [0, 0.1) is 0 Å². The molecule has 116 valence electrons. The molecule has 3 aromatic rings. The molecule has 6 heteroatoms. The molecule has 0 saturated heterocycles. The quantitative estimate of drug-likeness (QED) is 0.645. The zero-order valence-electron chi connectivity index (χ0n) is 12.5. The van der Waals surface area contributed by atoms with Crippen LogP contribution in [-0.4, -0.2) is 21.7 Å². The number of anilines is 1. The molecule has 0 bridgehead atoms. The van der Waals surface area contributed by atoms with Gasteiger partial charge in [0.05, 0.1) is 17.5 Å². The molecule has 0 aliphatic heterocycles. The molecule has 2 aromatic carbocycles. The molecule has 1 amide bonds. The molecule has 23 heavy (non-hydrogen) atoms. The summed E-state index contributed by atoms with van der Waals surface area (Å²) in [5, 5.41) is 2.78. The van der Waals surface area contributed by atoms with Crippen LogP contribution >= 0.6 is 0 Å². The Morgan fingerprint density at radius 2 is 1.70 bits per heavy atom. The zero-order valence-corrected chi connectivity index (χ0v) is 12.5. The monoisotopic (exact) mass is 309 g/mol. The van der Waals surface area contributed by atoms with Gasteiger partial charge in [-0.05, 0) is 48.9 Å². The van der Waals surface area contributed by atoms with E-state index in [-0.39, 0.29) is 23.8 Å². The Labute approximate surface area is 131 Å². The molecular formula is C17H15N3O3. The number of carbonyl (C=O) groups excluding carboxylic acids is 2. The highest BCUT2D eigenvalue weighted by atomic mass is 16.2. The van der Waals surface area contributed by atoms with E-state index in [2.05, 4.69) is 15.3 Å². The van der Waals surface area contributed by atoms with Crippen molar-refractivity contribution in [3.8, 4) is 0 Å². The Morgan fingerprint density at radius 3 is 2.39 bits per heavy atom. The van der Waals surface area contributed by atoms with Crippen LogP contribution in [0.4, 0.5) is 5.69 Å². The summed E-state index contributed by atoms with van der Waals surface area (Å²) in [5.74, 6) is -0.186. The third-order valence-corrected chi connectivity index (χ3v) is 3.52. The van der Waals surface area contributed by atoms with Gasteiger partial charge in [-0.25, -0.2) is 4.79 Å². The average molecular weight is 309 g/mol. The Bertz CT molecular complexity index is 936. The van der Waals surface area contributed by atoms with Crippen molar-refractivity contribution in [2.75, 3.05) is 5.32 Å². The van der Waals surface area contributed by atoms with Crippen molar-refractivity contribution in [3.63, 3.8) is 0 Å². The molecular weight excluding hydrogens is 294 g/mol. The number of hydrogen-bond acceptors (Lipinski definition) is 3. The minimum atomic E-state index is -0.271. The fraction of sp³-hybridized carbons (Fsp3) is 0.118. The van der Waals surface area contributed by atoms with Crippen molar-refractivity contribution in [1.82, 2.24) is 9.97 Å². The number of rotatable bonds is 4. The molecule has 0 fully saturated rings. The van der Waals surface area contributed by atoms with E-state index in [0.717, 1.165) is 5.56 Å². The molecule has 3 N–H and O–H groups in total. The molecule has 0 unspecified atom stereocenters. The maximum atomic E-state index is 12.1. The third-order valence-electron chi connectivity index (χ3n) is 3.52. The SMILES string of the molecule is CC(=O)c1ccc(NC(=O)Cc2ccc3[nH]c(=O)[nH]c3c2)cc1. The number of Topliss-reactive ketones (excluding diaryl/α,β-unsaturated/α-hetero) is 1. The van der Waals surface area contributed by atoms with Crippen LogP contribution in [0.15, 0.2) is 47.3 Å². The van der Waals surface area contributed by atoms with Crippen LogP contribution in [0.3, 0.4) is 0 Å². The number of amides is 1. The average Bonchev–Trinajstić information content (AvgIpc) is 2.87. The first-order valence-electron chi connectivity index (χ1n) is 7.13. The molecule has 0 aliphatic rings. The van der Waals surface area contributed by atoms with E-state index in [1.807, 2.05) is 0 Å². The number of hydrogen-bond donors (Lipinski definition) is 3. The molecule has 3 rings (SSSR count). The van der Waals surface area contributed by atoms with E-state index in [0.29, 0.717) is 22.3 Å². The molecule has 6 nitrogen and oxygen atoms in total. The smallest absolute Gasteiger partial charge is 0.323 e. The number of ketones is 1. The minimum absolute atomic E-state index is 0.0170. The van der Waals surface area contributed by atoms with Crippen molar-refractivity contribution in [2.24, 2.45) is 0 Å². The van der Waals surface area contributed by atoms with Gasteiger partial charge >= 0.3 is 5.69 Å². The van der Waals surface area contributed by atoms with Gasteiger partial charge in [0.25, 0.3) is 0 Å². The van der Waals surface area contributed by atoms with E-state index < -0.39 is 0 Å². The second kappa shape index (κ2) is 5.92. The highest BCUT2D eigenvalue weighted by Gasteiger charge is 2.07. The van der Waals surface area contributed by atoms with Gasteiger partial charge in [-0.2, -0.15) is 0 Å². The van der Waals surface area contributed by atoms with Gasteiger partial charge in [-0.15, -0.1) is 0 Å². The van der Waals surface area contributed by atoms with Gasteiger partial charge in [0.1, 0.15) is 0 Å². The summed E-state index contributed by atoms with van der Waals surface area (Å²) < 4.78 is 0. The van der Waals surface area contributed by atoms with Crippen molar-refractivity contribution in [2.45, 2.75) is 13.3 Å². The molecule has 1 aromatic heterocycles. The van der Waals surface area contributed by atoms with Crippen molar-refractivity contribution in [3.05, 3.63) is 64.1 Å². The van der Waals surface area contributed by atoms with Crippen LogP contribution in [0.25, 0.3) is 11.0 Å². The summed E-state index contributed by atoms with van der Waals surface area (Å²) in [6.45, 7) is 1.50. The highest BCUT2D eigenvalue weighted by molar-refractivity contribution is 5.96. The number of imidazole rings is 1.